The van der Waals surface area contributed by atoms with E-state index in [4.69, 9.17) is 0 Å². The largest absolute Gasteiger partial charge is 0.296 e. The SMILES string of the molecule is O=C1NC(=O)[C@H]2[C@H]3CC[C@H](C3)[C@@H]12.O=C1NC(=O)[C@H]2[C@H]3CC[C@H](C3)[C@@H]12. The summed E-state index contributed by atoms with van der Waals surface area (Å²) < 4.78 is 0. The Labute approximate surface area is 140 Å². The van der Waals surface area contributed by atoms with Gasteiger partial charge < -0.3 is 0 Å². The van der Waals surface area contributed by atoms with Gasteiger partial charge in [-0.3, -0.25) is 29.8 Å². The summed E-state index contributed by atoms with van der Waals surface area (Å²) in [5, 5.41) is 4.88. The van der Waals surface area contributed by atoms with Gasteiger partial charge in [-0.2, -0.15) is 0 Å². The highest BCUT2D eigenvalue weighted by molar-refractivity contribution is 6.06. The minimum absolute atomic E-state index is 0.00259. The Balaban J connectivity index is 0.000000109. The van der Waals surface area contributed by atoms with Crippen LogP contribution in [0.2, 0.25) is 0 Å². The molecule has 0 radical (unpaired) electrons. The van der Waals surface area contributed by atoms with E-state index in [-0.39, 0.29) is 47.3 Å². The van der Waals surface area contributed by atoms with Crippen LogP contribution in [0, 0.1) is 47.3 Å². The number of fused-ring (bicyclic) bond motifs is 10. The maximum absolute atomic E-state index is 11.3. The molecular formula is C18H22N2O4. The van der Waals surface area contributed by atoms with E-state index >= 15 is 0 Å². The average molecular weight is 330 g/mol. The maximum atomic E-state index is 11.3. The topological polar surface area (TPSA) is 92.3 Å². The third-order valence-electron chi connectivity index (χ3n) is 7.54. The molecule has 6 rings (SSSR count). The summed E-state index contributed by atoms with van der Waals surface area (Å²) >= 11 is 0. The predicted octanol–water partition coefficient (Wildman–Crippen LogP) is 0.610. The molecule has 0 unspecified atom stereocenters. The van der Waals surface area contributed by atoms with E-state index in [1.54, 1.807) is 0 Å². The zero-order chi connectivity index (χ0) is 16.6. The average Bonchev–Trinajstić information content (AvgIpc) is 3.34. The van der Waals surface area contributed by atoms with Crippen LogP contribution in [0.3, 0.4) is 0 Å². The lowest BCUT2D eigenvalue weighted by Crippen LogP contribution is -2.24. The number of rotatable bonds is 0. The predicted molar refractivity (Wildman–Crippen MR) is 81.9 cm³/mol. The molecule has 4 saturated carbocycles. The standard InChI is InChI=1S/2C9H11NO2/c2*11-8-6-4-1-2-5(3-4)7(6)9(12)10-8/h2*4-7H,1-3H2,(H,10,11,12)/t2*4-,5+,6-,7+. The van der Waals surface area contributed by atoms with Crippen molar-refractivity contribution in [1.82, 2.24) is 10.6 Å². The van der Waals surface area contributed by atoms with Gasteiger partial charge in [0.05, 0.1) is 23.7 Å². The third kappa shape index (κ3) is 1.82. The van der Waals surface area contributed by atoms with Gasteiger partial charge in [-0.1, -0.05) is 0 Å². The van der Waals surface area contributed by atoms with Crippen molar-refractivity contribution in [2.24, 2.45) is 47.3 Å². The molecule has 2 N–H and O–H groups in total. The van der Waals surface area contributed by atoms with Crippen molar-refractivity contribution in [3.05, 3.63) is 0 Å². The monoisotopic (exact) mass is 330 g/mol. The van der Waals surface area contributed by atoms with Crippen LogP contribution in [0.5, 0.6) is 0 Å². The number of carbonyl (C=O) groups excluding carboxylic acids is 4. The number of carbonyl (C=O) groups is 4. The van der Waals surface area contributed by atoms with Crippen molar-refractivity contribution in [2.75, 3.05) is 0 Å². The van der Waals surface area contributed by atoms with Crippen LogP contribution in [-0.2, 0) is 19.2 Å². The summed E-state index contributed by atoms with van der Waals surface area (Å²) in [4.78, 5) is 45.3. The van der Waals surface area contributed by atoms with Crippen LogP contribution in [0.15, 0.2) is 0 Å². The van der Waals surface area contributed by atoms with Crippen molar-refractivity contribution in [3.8, 4) is 0 Å². The van der Waals surface area contributed by atoms with Gasteiger partial charge in [0.25, 0.3) is 0 Å². The van der Waals surface area contributed by atoms with Gasteiger partial charge in [0.1, 0.15) is 0 Å². The Morgan fingerprint density at radius 1 is 0.500 bits per heavy atom. The molecule has 2 saturated heterocycles. The first-order valence-electron chi connectivity index (χ1n) is 9.24. The van der Waals surface area contributed by atoms with E-state index < -0.39 is 0 Å². The zero-order valence-corrected chi connectivity index (χ0v) is 13.5. The van der Waals surface area contributed by atoms with Crippen molar-refractivity contribution in [1.29, 1.82) is 0 Å². The quantitative estimate of drug-likeness (QED) is 0.637. The molecule has 2 heterocycles. The third-order valence-corrected chi connectivity index (χ3v) is 7.54. The van der Waals surface area contributed by atoms with Crippen molar-refractivity contribution < 1.29 is 19.2 Å². The van der Waals surface area contributed by atoms with Crippen molar-refractivity contribution in [2.45, 2.75) is 38.5 Å². The van der Waals surface area contributed by atoms with Crippen molar-refractivity contribution in [3.63, 3.8) is 0 Å². The van der Waals surface area contributed by atoms with Crippen LogP contribution in [0.1, 0.15) is 38.5 Å². The number of hydrogen-bond donors (Lipinski definition) is 2. The van der Waals surface area contributed by atoms with E-state index in [0.29, 0.717) is 23.7 Å². The molecular weight excluding hydrogens is 308 g/mol. The molecule has 6 nitrogen and oxygen atoms in total. The molecule has 4 amide bonds. The summed E-state index contributed by atoms with van der Waals surface area (Å²) in [6, 6.07) is 0. The molecule has 6 fully saturated rings. The Morgan fingerprint density at radius 3 is 1.00 bits per heavy atom. The molecule has 0 aromatic heterocycles. The Kier molecular flexibility index (Phi) is 2.98. The normalized spacial score (nSPS) is 49.7. The van der Waals surface area contributed by atoms with E-state index in [2.05, 4.69) is 10.6 Å². The van der Waals surface area contributed by atoms with Gasteiger partial charge in [-0.15, -0.1) is 0 Å². The first-order chi connectivity index (χ1) is 11.5. The summed E-state index contributed by atoms with van der Waals surface area (Å²) in [5.41, 5.74) is 0. The van der Waals surface area contributed by atoms with Crippen LogP contribution in [-0.4, -0.2) is 23.6 Å². The second-order valence-corrected chi connectivity index (χ2v) is 8.48. The molecule has 8 atom stereocenters. The lowest BCUT2D eigenvalue weighted by atomic mass is 9.81. The second-order valence-electron chi connectivity index (χ2n) is 8.48. The van der Waals surface area contributed by atoms with E-state index in [1.165, 1.54) is 0 Å². The Morgan fingerprint density at radius 2 is 0.750 bits per heavy atom. The number of imide groups is 2. The molecule has 128 valence electrons. The maximum Gasteiger partial charge on any atom is 0.230 e. The lowest BCUT2D eigenvalue weighted by Gasteiger charge is -2.19. The van der Waals surface area contributed by atoms with Crippen LogP contribution >= 0.6 is 0 Å². The fourth-order valence-corrected chi connectivity index (χ4v) is 6.67. The minimum atomic E-state index is -0.00259. The van der Waals surface area contributed by atoms with E-state index in [1.807, 2.05) is 0 Å². The van der Waals surface area contributed by atoms with Crippen LogP contribution in [0.4, 0.5) is 0 Å². The highest BCUT2D eigenvalue weighted by Gasteiger charge is 2.58. The highest BCUT2D eigenvalue weighted by Crippen LogP contribution is 2.55. The lowest BCUT2D eigenvalue weighted by molar-refractivity contribution is -0.128. The summed E-state index contributed by atoms with van der Waals surface area (Å²) in [7, 11) is 0. The molecule has 0 aromatic carbocycles. The molecule has 4 aliphatic carbocycles. The number of nitrogens with one attached hydrogen (secondary N) is 2. The van der Waals surface area contributed by atoms with Gasteiger partial charge in [0.2, 0.25) is 23.6 Å². The Hall–Kier alpha value is -1.72. The van der Waals surface area contributed by atoms with Gasteiger partial charge >= 0.3 is 0 Å². The van der Waals surface area contributed by atoms with E-state index in [9.17, 15) is 19.2 Å². The second kappa shape index (κ2) is 4.90. The smallest absolute Gasteiger partial charge is 0.230 e. The first-order valence-corrected chi connectivity index (χ1v) is 9.24. The molecule has 2 aliphatic heterocycles. The molecule has 6 heteroatoms. The zero-order valence-electron chi connectivity index (χ0n) is 13.5. The van der Waals surface area contributed by atoms with Crippen LogP contribution in [0.25, 0.3) is 0 Å². The van der Waals surface area contributed by atoms with Gasteiger partial charge in [0, 0.05) is 0 Å². The highest BCUT2D eigenvalue weighted by atomic mass is 16.2. The van der Waals surface area contributed by atoms with Gasteiger partial charge in [-0.25, -0.2) is 0 Å². The molecule has 6 aliphatic rings. The number of hydrogen-bond acceptors (Lipinski definition) is 4. The summed E-state index contributed by atoms with van der Waals surface area (Å²) in [6.07, 6.45) is 6.88. The summed E-state index contributed by atoms with van der Waals surface area (Å²) in [6.45, 7) is 0. The van der Waals surface area contributed by atoms with E-state index in [0.717, 1.165) is 38.5 Å². The molecule has 0 aromatic rings. The molecule has 4 bridgehead atoms. The van der Waals surface area contributed by atoms with Crippen LogP contribution < -0.4 is 10.6 Å². The van der Waals surface area contributed by atoms with Gasteiger partial charge in [0.15, 0.2) is 0 Å². The first kappa shape index (κ1) is 14.6. The van der Waals surface area contributed by atoms with Crippen molar-refractivity contribution >= 4 is 23.6 Å². The van der Waals surface area contributed by atoms with Gasteiger partial charge in [-0.05, 0) is 62.2 Å². The Bertz CT molecular complexity index is 551. The molecule has 0 spiro atoms. The summed E-state index contributed by atoms with van der Waals surface area (Å²) in [5.74, 6) is 2.28. The number of amides is 4. The minimum Gasteiger partial charge on any atom is -0.296 e. The fraction of sp³-hybridized carbons (Fsp3) is 0.778. The fourth-order valence-electron chi connectivity index (χ4n) is 6.67. The molecule has 24 heavy (non-hydrogen) atoms.